The van der Waals surface area contributed by atoms with Crippen molar-refractivity contribution < 1.29 is 13.2 Å². The molecule has 124 valence electrons. The van der Waals surface area contributed by atoms with Crippen LogP contribution in [0.1, 0.15) is 20.3 Å². The van der Waals surface area contributed by atoms with E-state index in [1.807, 2.05) is 6.07 Å². The fourth-order valence-electron chi connectivity index (χ4n) is 1.62. The molecule has 1 aromatic carbocycles. The van der Waals surface area contributed by atoms with Crippen molar-refractivity contribution in [2.24, 2.45) is 11.1 Å². The Hall–Kier alpha value is -2.37. The number of hydrogen-bond acceptors (Lipinski definition) is 5. The van der Waals surface area contributed by atoms with E-state index in [-0.39, 0.29) is 10.5 Å². The van der Waals surface area contributed by atoms with Crippen LogP contribution in [-0.4, -0.2) is 20.9 Å². The number of carbonyl (C=O) groups is 1. The summed E-state index contributed by atoms with van der Waals surface area (Å²) in [4.78, 5) is 11.9. The first-order valence-electron chi connectivity index (χ1n) is 7.02. The summed E-state index contributed by atoms with van der Waals surface area (Å²) in [5.74, 6) is -0.0551. The fraction of sp³-hybridized carbons (Fsp3) is 0.333. The van der Waals surface area contributed by atoms with Crippen molar-refractivity contribution in [1.29, 1.82) is 5.26 Å². The van der Waals surface area contributed by atoms with Gasteiger partial charge in [-0.25, -0.2) is 13.6 Å². The number of carbonyl (C=O) groups excluding carboxylic acids is 1. The second kappa shape index (κ2) is 8.31. The van der Waals surface area contributed by atoms with Crippen molar-refractivity contribution in [3.63, 3.8) is 0 Å². The van der Waals surface area contributed by atoms with Gasteiger partial charge in [0, 0.05) is 18.4 Å². The number of sulfonamides is 1. The molecule has 0 aliphatic rings. The number of nitrogens with two attached hydrogens (primary N) is 1. The van der Waals surface area contributed by atoms with Crippen LogP contribution in [0, 0.1) is 17.2 Å². The van der Waals surface area contributed by atoms with E-state index in [4.69, 9.17) is 10.4 Å². The molecule has 0 atom stereocenters. The number of nitrogens with one attached hydrogen (secondary N) is 2. The maximum Gasteiger partial charge on any atom is 0.267 e. The van der Waals surface area contributed by atoms with Gasteiger partial charge >= 0.3 is 0 Å². The summed E-state index contributed by atoms with van der Waals surface area (Å²) < 4.78 is 22.3. The van der Waals surface area contributed by atoms with Crippen LogP contribution in [0.2, 0.25) is 0 Å². The van der Waals surface area contributed by atoms with Gasteiger partial charge in [-0.15, -0.1) is 0 Å². The lowest BCUT2D eigenvalue weighted by Crippen LogP contribution is -2.18. The van der Waals surface area contributed by atoms with Crippen molar-refractivity contribution in [1.82, 2.24) is 5.32 Å². The van der Waals surface area contributed by atoms with Gasteiger partial charge in [0.25, 0.3) is 5.91 Å². The summed E-state index contributed by atoms with van der Waals surface area (Å²) in [6, 6.07) is 7.18. The third-order valence-corrected chi connectivity index (χ3v) is 3.85. The third kappa shape index (κ3) is 6.50. The first kappa shape index (κ1) is 18.7. The monoisotopic (exact) mass is 336 g/mol. The van der Waals surface area contributed by atoms with Crippen molar-refractivity contribution in [2.45, 2.75) is 25.2 Å². The van der Waals surface area contributed by atoms with E-state index < -0.39 is 15.9 Å². The fourth-order valence-corrected chi connectivity index (χ4v) is 2.14. The molecule has 1 amide bonds. The van der Waals surface area contributed by atoms with Crippen molar-refractivity contribution in [3.05, 3.63) is 36.0 Å². The number of rotatable bonds is 7. The third-order valence-electron chi connectivity index (χ3n) is 2.92. The highest BCUT2D eigenvalue weighted by molar-refractivity contribution is 7.89. The Morgan fingerprint density at radius 3 is 2.43 bits per heavy atom. The van der Waals surface area contributed by atoms with Crippen LogP contribution in [0.5, 0.6) is 0 Å². The Labute approximate surface area is 136 Å². The van der Waals surface area contributed by atoms with Gasteiger partial charge in [-0.3, -0.25) is 4.79 Å². The molecule has 0 fully saturated rings. The number of anilines is 1. The minimum absolute atomic E-state index is 0.0538. The topological polar surface area (TPSA) is 125 Å². The summed E-state index contributed by atoms with van der Waals surface area (Å²) >= 11 is 0. The smallest absolute Gasteiger partial charge is 0.267 e. The molecule has 0 spiro atoms. The molecule has 23 heavy (non-hydrogen) atoms. The number of hydrogen-bond donors (Lipinski definition) is 3. The van der Waals surface area contributed by atoms with Crippen LogP contribution in [0.15, 0.2) is 40.9 Å². The van der Waals surface area contributed by atoms with Gasteiger partial charge < -0.3 is 10.6 Å². The van der Waals surface area contributed by atoms with E-state index in [0.29, 0.717) is 18.2 Å². The van der Waals surface area contributed by atoms with Gasteiger partial charge in [-0.1, -0.05) is 13.8 Å². The molecule has 0 aliphatic heterocycles. The SMILES string of the molecule is CC(C)CCN/C=C(/C#N)C(=O)Nc1ccc(S(N)(=O)=O)cc1. The highest BCUT2D eigenvalue weighted by Crippen LogP contribution is 2.13. The molecular formula is C15H20N4O3S. The van der Waals surface area contributed by atoms with Crippen LogP contribution < -0.4 is 15.8 Å². The Morgan fingerprint density at radius 1 is 1.35 bits per heavy atom. The van der Waals surface area contributed by atoms with Crippen molar-refractivity contribution >= 4 is 21.6 Å². The summed E-state index contributed by atoms with van der Waals surface area (Å²) in [6.45, 7) is 4.82. The average molecular weight is 336 g/mol. The molecule has 1 rings (SSSR count). The van der Waals surface area contributed by atoms with Gasteiger partial charge in [-0.05, 0) is 36.6 Å². The lowest BCUT2D eigenvalue weighted by molar-refractivity contribution is -0.112. The molecule has 0 unspecified atom stereocenters. The molecule has 1 aromatic rings. The summed E-state index contributed by atoms with van der Waals surface area (Å²) in [6.07, 6.45) is 2.29. The normalized spacial score (nSPS) is 11.9. The maximum atomic E-state index is 12.0. The van der Waals surface area contributed by atoms with Crippen LogP contribution in [-0.2, 0) is 14.8 Å². The number of nitriles is 1. The van der Waals surface area contributed by atoms with Crippen LogP contribution in [0.4, 0.5) is 5.69 Å². The highest BCUT2D eigenvalue weighted by atomic mass is 32.2. The van der Waals surface area contributed by atoms with E-state index in [2.05, 4.69) is 24.5 Å². The zero-order valence-corrected chi connectivity index (χ0v) is 13.9. The lowest BCUT2D eigenvalue weighted by atomic mass is 10.1. The predicted octanol–water partition coefficient (Wildman–Crippen LogP) is 1.32. The Bertz CT molecular complexity index is 716. The van der Waals surface area contributed by atoms with Crippen LogP contribution in [0.25, 0.3) is 0 Å². The average Bonchev–Trinajstić information content (AvgIpc) is 2.46. The molecule has 0 saturated carbocycles. The Balaban J connectivity index is 2.70. The van der Waals surface area contributed by atoms with Crippen LogP contribution >= 0.6 is 0 Å². The molecule has 0 bridgehead atoms. The second-order valence-electron chi connectivity index (χ2n) is 5.33. The summed E-state index contributed by atoms with van der Waals surface area (Å²) in [5.41, 5.74) is 0.301. The zero-order chi connectivity index (χ0) is 17.5. The number of nitrogens with zero attached hydrogens (tertiary/aromatic N) is 1. The van der Waals surface area contributed by atoms with E-state index in [1.165, 1.54) is 30.5 Å². The largest absolute Gasteiger partial charge is 0.390 e. The molecule has 4 N–H and O–H groups in total. The lowest BCUT2D eigenvalue weighted by Gasteiger charge is -2.07. The minimum Gasteiger partial charge on any atom is -0.390 e. The van der Waals surface area contributed by atoms with Gasteiger partial charge in [0.2, 0.25) is 10.0 Å². The highest BCUT2D eigenvalue weighted by Gasteiger charge is 2.11. The standard InChI is InChI=1S/C15H20N4O3S/c1-11(2)7-8-18-10-12(9-16)15(20)19-13-3-5-14(6-4-13)23(17,21)22/h3-6,10-11,18H,7-8H2,1-2H3,(H,19,20)(H2,17,21,22)/b12-10-. The summed E-state index contributed by atoms with van der Waals surface area (Å²) in [5, 5.41) is 19.4. The van der Waals surface area contributed by atoms with Crippen LogP contribution in [0.3, 0.4) is 0 Å². The van der Waals surface area contributed by atoms with Gasteiger partial charge in [0.1, 0.15) is 11.6 Å². The molecule has 0 aromatic heterocycles. The van der Waals surface area contributed by atoms with E-state index >= 15 is 0 Å². The molecule has 8 heteroatoms. The number of benzene rings is 1. The maximum absolute atomic E-state index is 12.0. The van der Waals surface area contributed by atoms with Crippen molar-refractivity contribution in [2.75, 3.05) is 11.9 Å². The quantitative estimate of drug-likeness (QED) is 0.393. The molecule has 0 saturated heterocycles. The van der Waals surface area contributed by atoms with Crippen molar-refractivity contribution in [3.8, 4) is 6.07 Å². The molecule has 7 nitrogen and oxygen atoms in total. The first-order chi connectivity index (χ1) is 10.7. The van der Waals surface area contributed by atoms with Gasteiger partial charge in [-0.2, -0.15) is 5.26 Å². The molecule has 0 heterocycles. The number of primary sulfonamides is 1. The van der Waals surface area contributed by atoms with Gasteiger partial charge in [0.15, 0.2) is 0 Å². The molecule has 0 radical (unpaired) electrons. The Morgan fingerprint density at radius 2 is 1.96 bits per heavy atom. The first-order valence-corrected chi connectivity index (χ1v) is 8.56. The van der Waals surface area contributed by atoms with Gasteiger partial charge in [0.05, 0.1) is 4.90 Å². The Kier molecular flexibility index (Phi) is 6.75. The van der Waals surface area contributed by atoms with E-state index in [9.17, 15) is 13.2 Å². The predicted molar refractivity (Wildman–Crippen MR) is 87.6 cm³/mol. The minimum atomic E-state index is -3.78. The van der Waals surface area contributed by atoms with E-state index in [0.717, 1.165) is 6.42 Å². The molecular weight excluding hydrogens is 316 g/mol. The number of amides is 1. The summed E-state index contributed by atoms with van der Waals surface area (Å²) in [7, 11) is -3.78. The molecule has 0 aliphatic carbocycles. The second-order valence-corrected chi connectivity index (χ2v) is 6.89. The zero-order valence-electron chi connectivity index (χ0n) is 13.0. The van der Waals surface area contributed by atoms with E-state index in [1.54, 1.807) is 0 Å².